The highest BCUT2D eigenvalue weighted by atomic mass is 16.5. The Labute approximate surface area is 150 Å². The van der Waals surface area contributed by atoms with Crippen LogP contribution in [0.4, 0.5) is 5.69 Å². The third-order valence-corrected chi connectivity index (χ3v) is 5.63. The summed E-state index contributed by atoms with van der Waals surface area (Å²) in [5.74, 6) is -1.79. The molecular formula is C21H17NO4. The minimum Gasteiger partial charge on any atom is -0.393 e. The van der Waals surface area contributed by atoms with Gasteiger partial charge in [0.2, 0.25) is 11.8 Å². The van der Waals surface area contributed by atoms with E-state index < -0.39 is 23.5 Å². The molecule has 5 nitrogen and oxygen atoms in total. The Balaban J connectivity index is 1.62. The van der Waals surface area contributed by atoms with Crippen LogP contribution in [0.2, 0.25) is 0 Å². The van der Waals surface area contributed by atoms with Crippen molar-refractivity contribution in [2.75, 3.05) is 11.5 Å². The number of imide groups is 1. The summed E-state index contributed by atoms with van der Waals surface area (Å²) in [6.07, 6.45) is 3.07. The maximum absolute atomic E-state index is 13.2. The average Bonchev–Trinajstić information content (AvgIpc) is 3.33. The molecule has 2 aromatic rings. The van der Waals surface area contributed by atoms with Crippen LogP contribution < -0.4 is 4.90 Å². The fraction of sp³-hybridized carbons (Fsp3) is 0.238. The molecule has 1 N–H and O–H groups in total. The molecule has 5 heteroatoms. The molecule has 2 fully saturated rings. The number of para-hydroxylation sites is 1. The van der Waals surface area contributed by atoms with E-state index in [2.05, 4.69) is 0 Å². The Morgan fingerprint density at radius 2 is 1.73 bits per heavy atom. The molecule has 2 bridgehead atoms. The number of amides is 2. The highest BCUT2D eigenvalue weighted by molar-refractivity contribution is 6.24. The minimum atomic E-state index is -1.07. The lowest BCUT2D eigenvalue weighted by molar-refractivity contribution is -0.128. The maximum Gasteiger partial charge on any atom is 0.241 e. The van der Waals surface area contributed by atoms with E-state index in [-0.39, 0.29) is 18.4 Å². The summed E-state index contributed by atoms with van der Waals surface area (Å²) < 4.78 is 5.79. The molecule has 0 saturated carbocycles. The second-order valence-corrected chi connectivity index (χ2v) is 6.95. The topological polar surface area (TPSA) is 66.8 Å². The fourth-order valence-corrected chi connectivity index (χ4v) is 4.45. The Morgan fingerprint density at radius 3 is 2.50 bits per heavy atom. The standard InChI is InChI=1S/C21H17NO4/c23-12-21-11-10-16(26-21)17-18(21)20(25)22(19(17)24)15-9-5-4-8-14(15)13-6-2-1-3-7-13/h1-11,16-18,23H,12H2/t16-,17+,18-,21+/m0/s1. The predicted octanol–water partition coefficient (Wildman–Crippen LogP) is 2.16. The van der Waals surface area contributed by atoms with Crippen molar-refractivity contribution in [3.8, 4) is 11.1 Å². The summed E-state index contributed by atoms with van der Waals surface area (Å²) in [4.78, 5) is 27.6. The van der Waals surface area contributed by atoms with Gasteiger partial charge in [-0.3, -0.25) is 9.59 Å². The van der Waals surface area contributed by atoms with Gasteiger partial charge in [0.1, 0.15) is 5.60 Å². The zero-order chi connectivity index (χ0) is 17.9. The largest absolute Gasteiger partial charge is 0.393 e. The lowest BCUT2D eigenvalue weighted by Crippen LogP contribution is -2.43. The Bertz CT molecular complexity index is 938. The van der Waals surface area contributed by atoms with Crippen molar-refractivity contribution < 1.29 is 19.4 Å². The first-order chi connectivity index (χ1) is 12.7. The van der Waals surface area contributed by atoms with E-state index in [0.717, 1.165) is 11.1 Å². The van der Waals surface area contributed by atoms with Gasteiger partial charge in [0.05, 0.1) is 30.2 Å². The molecule has 4 atom stereocenters. The SMILES string of the molecule is O=C1[C@@H]2[C@@H]3C=C[C@](CO)(O3)[C@@H]2C(=O)N1c1ccccc1-c1ccccc1. The van der Waals surface area contributed by atoms with Gasteiger partial charge in [0.25, 0.3) is 0 Å². The Morgan fingerprint density at radius 1 is 1.00 bits per heavy atom. The van der Waals surface area contributed by atoms with E-state index >= 15 is 0 Å². The van der Waals surface area contributed by atoms with Crippen LogP contribution in [0.25, 0.3) is 11.1 Å². The highest BCUT2D eigenvalue weighted by Gasteiger charge is 2.67. The lowest BCUT2D eigenvalue weighted by atomic mass is 9.77. The second kappa shape index (κ2) is 5.37. The molecule has 2 amide bonds. The van der Waals surface area contributed by atoms with Crippen molar-refractivity contribution in [1.82, 2.24) is 0 Å². The zero-order valence-corrected chi connectivity index (χ0v) is 13.9. The van der Waals surface area contributed by atoms with Gasteiger partial charge in [-0.15, -0.1) is 0 Å². The van der Waals surface area contributed by atoms with Crippen molar-refractivity contribution in [3.63, 3.8) is 0 Å². The number of rotatable bonds is 3. The Hall–Kier alpha value is -2.76. The summed E-state index contributed by atoms with van der Waals surface area (Å²) in [5, 5.41) is 9.83. The summed E-state index contributed by atoms with van der Waals surface area (Å²) in [6.45, 7) is -0.311. The molecule has 0 aliphatic carbocycles. The Kier molecular flexibility index (Phi) is 3.20. The van der Waals surface area contributed by atoms with Gasteiger partial charge in [-0.2, -0.15) is 0 Å². The van der Waals surface area contributed by atoms with Crippen LogP contribution in [-0.2, 0) is 14.3 Å². The number of ether oxygens (including phenoxy) is 1. The third-order valence-electron chi connectivity index (χ3n) is 5.63. The van der Waals surface area contributed by atoms with E-state index in [1.54, 1.807) is 18.2 Å². The molecule has 5 rings (SSSR count). The molecule has 0 spiro atoms. The number of nitrogens with zero attached hydrogens (tertiary/aromatic N) is 1. The van der Waals surface area contributed by atoms with Crippen LogP contribution >= 0.6 is 0 Å². The van der Waals surface area contributed by atoms with Gasteiger partial charge in [-0.25, -0.2) is 4.90 Å². The first-order valence-corrected chi connectivity index (χ1v) is 8.66. The predicted molar refractivity (Wildman–Crippen MR) is 95.2 cm³/mol. The van der Waals surface area contributed by atoms with Crippen molar-refractivity contribution in [2.45, 2.75) is 11.7 Å². The van der Waals surface area contributed by atoms with Crippen molar-refractivity contribution >= 4 is 17.5 Å². The molecule has 3 aliphatic rings. The van der Waals surface area contributed by atoms with Crippen molar-refractivity contribution in [3.05, 3.63) is 66.7 Å². The van der Waals surface area contributed by atoms with Crippen LogP contribution in [-0.4, -0.2) is 35.2 Å². The molecule has 130 valence electrons. The molecule has 0 aromatic heterocycles. The minimum absolute atomic E-state index is 0.256. The molecule has 3 aliphatic heterocycles. The van der Waals surface area contributed by atoms with Gasteiger partial charge in [-0.1, -0.05) is 60.7 Å². The number of fused-ring (bicyclic) bond motifs is 5. The first-order valence-electron chi connectivity index (χ1n) is 8.66. The quantitative estimate of drug-likeness (QED) is 0.682. The molecule has 26 heavy (non-hydrogen) atoms. The second-order valence-electron chi connectivity index (χ2n) is 6.95. The number of aliphatic hydroxyl groups excluding tert-OH is 1. The van der Waals surface area contributed by atoms with E-state index in [1.807, 2.05) is 48.5 Å². The monoisotopic (exact) mass is 347 g/mol. The normalized spacial score (nSPS) is 31.7. The summed E-state index contributed by atoms with van der Waals surface area (Å²) in [6, 6.07) is 17.1. The van der Waals surface area contributed by atoms with Crippen LogP contribution in [0.1, 0.15) is 0 Å². The van der Waals surface area contributed by atoms with E-state index in [4.69, 9.17) is 4.74 Å². The smallest absolute Gasteiger partial charge is 0.241 e. The third kappa shape index (κ3) is 1.87. The number of anilines is 1. The summed E-state index contributed by atoms with van der Waals surface area (Å²) in [7, 11) is 0. The molecule has 0 unspecified atom stereocenters. The van der Waals surface area contributed by atoms with E-state index in [1.165, 1.54) is 4.90 Å². The van der Waals surface area contributed by atoms with E-state index in [9.17, 15) is 14.7 Å². The first kappa shape index (κ1) is 15.5. The van der Waals surface area contributed by atoms with Crippen LogP contribution in [0.15, 0.2) is 66.7 Å². The number of carbonyl (C=O) groups excluding carboxylic acids is 2. The van der Waals surface area contributed by atoms with Gasteiger partial charge in [0.15, 0.2) is 0 Å². The number of aliphatic hydroxyl groups is 1. The van der Waals surface area contributed by atoms with Gasteiger partial charge < -0.3 is 9.84 Å². The molecule has 2 aromatic carbocycles. The van der Waals surface area contributed by atoms with Crippen molar-refractivity contribution in [1.29, 1.82) is 0 Å². The number of benzene rings is 2. The van der Waals surface area contributed by atoms with E-state index in [0.29, 0.717) is 5.69 Å². The summed E-state index contributed by atoms with van der Waals surface area (Å²) in [5.41, 5.74) is 1.28. The average molecular weight is 347 g/mol. The van der Waals surface area contributed by atoms with Crippen molar-refractivity contribution in [2.24, 2.45) is 11.8 Å². The molecule has 2 saturated heterocycles. The lowest BCUT2D eigenvalue weighted by Gasteiger charge is -2.27. The van der Waals surface area contributed by atoms with Crippen LogP contribution in [0.3, 0.4) is 0 Å². The highest BCUT2D eigenvalue weighted by Crippen LogP contribution is 2.52. The van der Waals surface area contributed by atoms with Crippen LogP contribution in [0, 0.1) is 11.8 Å². The fourth-order valence-electron chi connectivity index (χ4n) is 4.45. The van der Waals surface area contributed by atoms with Crippen LogP contribution in [0.5, 0.6) is 0 Å². The number of hydrogen-bond donors (Lipinski definition) is 1. The number of carbonyl (C=O) groups is 2. The molecular weight excluding hydrogens is 330 g/mol. The van der Waals surface area contributed by atoms with Gasteiger partial charge >= 0.3 is 0 Å². The zero-order valence-electron chi connectivity index (χ0n) is 13.9. The molecule has 0 radical (unpaired) electrons. The van der Waals surface area contributed by atoms with Gasteiger partial charge in [0, 0.05) is 5.56 Å². The maximum atomic E-state index is 13.2. The number of hydrogen-bond acceptors (Lipinski definition) is 4. The summed E-state index contributed by atoms with van der Waals surface area (Å²) >= 11 is 0. The molecule has 3 heterocycles. The van der Waals surface area contributed by atoms with Gasteiger partial charge in [-0.05, 0) is 11.6 Å².